The van der Waals surface area contributed by atoms with Crippen molar-refractivity contribution in [2.75, 3.05) is 39.4 Å². The van der Waals surface area contributed by atoms with E-state index in [0.717, 1.165) is 44.8 Å². The Bertz CT molecular complexity index is 851. The number of nitrogens with zero attached hydrogens (tertiary/aromatic N) is 1. The third kappa shape index (κ3) is 4.80. The smallest absolute Gasteiger partial charge is 0.244 e. The molecule has 1 aromatic heterocycles. The van der Waals surface area contributed by atoms with Gasteiger partial charge in [-0.2, -0.15) is 0 Å². The largest absolute Gasteiger partial charge is 0.463 e. The van der Waals surface area contributed by atoms with Gasteiger partial charge in [-0.1, -0.05) is 11.6 Å². The third-order valence-electron chi connectivity index (χ3n) is 4.42. The topological polar surface area (TPSA) is 71.8 Å². The molecule has 26 heavy (non-hydrogen) atoms. The Morgan fingerprint density at radius 1 is 1.31 bits per heavy atom. The number of hydrogen-bond acceptors (Lipinski definition) is 5. The summed E-state index contributed by atoms with van der Waals surface area (Å²) >= 11 is 0. The van der Waals surface area contributed by atoms with Crippen LogP contribution in [0.15, 0.2) is 39.7 Å². The number of aryl methyl sites for hydroxylation is 1. The highest BCUT2D eigenvalue weighted by Gasteiger charge is 2.09. The maximum atomic E-state index is 12.5. The summed E-state index contributed by atoms with van der Waals surface area (Å²) in [5, 5.41) is 3.37. The number of rotatable bonds is 6. The van der Waals surface area contributed by atoms with Crippen LogP contribution in [0.25, 0.3) is 17.0 Å². The molecule has 1 N–H and O–H groups in total. The lowest BCUT2D eigenvalue weighted by Gasteiger charge is -2.26. The molecule has 1 aliphatic heterocycles. The minimum atomic E-state index is -0.212. The van der Waals surface area contributed by atoms with Crippen molar-refractivity contribution in [2.24, 2.45) is 0 Å². The summed E-state index contributed by atoms with van der Waals surface area (Å²) in [5.41, 5.74) is 1.77. The molecule has 0 spiro atoms. The maximum absolute atomic E-state index is 12.5. The molecule has 6 heteroatoms. The quantitative estimate of drug-likeness (QED) is 0.633. The number of carbonyl (C=O) groups excluding carboxylic acids is 1. The van der Waals surface area contributed by atoms with Gasteiger partial charge < -0.3 is 14.5 Å². The second-order valence-corrected chi connectivity index (χ2v) is 6.45. The van der Waals surface area contributed by atoms with Gasteiger partial charge in [0.2, 0.25) is 5.91 Å². The third-order valence-corrected chi connectivity index (χ3v) is 4.42. The Hall–Kier alpha value is -2.44. The molecule has 0 aliphatic carbocycles. The molecule has 0 bridgehead atoms. The second kappa shape index (κ2) is 8.78. The lowest BCUT2D eigenvalue weighted by Crippen LogP contribution is -2.38. The summed E-state index contributed by atoms with van der Waals surface area (Å²) in [7, 11) is 0. The summed E-state index contributed by atoms with van der Waals surface area (Å²) in [6, 6.07) is 5.47. The molecule has 1 amide bonds. The van der Waals surface area contributed by atoms with Crippen molar-refractivity contribution in [3.8, 4) is 0 Å². The summed E-state index contributed by atoms with van der Waals surface area (Å²) in [4.78, 5) is 26.7. The average Bonchev–Trinajstić information content (AvgIpc) is 2.66. The lowest BCUT2D eigenvalue weighted by molar-refractivity contribution is -0.116. The SMILES string of the molecule is Cc1ccc2occ(/C=C/C(=O)NCCCN3CCOCC3)c(=O)c2c1. The Morgan fingerprint density at radius 2 is 2.12 bits per heavy atom. The molecule has 0 saturated carbocycles. The molecule has 0 atom stereocenters. The average molecular weight is 356 g/mol. The molecule has 1 aromatic carbocycles. The van der Waals surface area contributed by atoms with Crippen molar-refractivity contribution in [3.05, 3.63) is 51.9 Å². The molecule has 0 unspecified atom stereocenters. The summed E-state index contributed by atoms with van der Waals surface area (Å²) in [6.07, 6.45) is 5.16. The number of hydrogen-bond donors (Lipinski definition) is 1. The first-order chi connectivity index (χ1) is 12.6. The number of nitrogens with one attached hydrogen (secondary N) is 1. The minimum absolute atomic E-state index is 0.133. The molecule has 1 aliphatic rings. The van der Waals surface area contributed by atoms with Crippen molar-refractivity contribution in [1.29, 1.82) is 0 Å². The minimum Gasteiger partial charge on any atom is -0.463 e. The van der Waals surface area contributed by atoms with E-state index < -0.39 is 0 Å². The van der Waals surface area contributed by atoms with E-state index in [1.807, 2.05) is 13.0 Å². The van der Waals surface area contributed by atoms with Crippen LogP contribution < -0.4 is 10.7 Å². The van der Waals surface area contributed by atoms with Crippen LogP contribution >= 0.6 is 0 Å². The van der Waals surface area contributed by atoms with E-state index in [1.165, 1.54) is 18.4 Å². The van der Waals surface area contributed by atoms with Crippen molar-refractivity contribution in [2.45, 2.75) is 13.3 Å². The van der Waals surface area contributed by atoms with Gasteiger partial charge in [0.15, 0.2) is 5.43 Å². The predicted molar refractivity (Wildman–Crippen MR) is 101 cm³/mol. The molecule has 2 aromatic rings. The molecule has 0 radical (unpaired) electrons. The van der Waals surface area contributed by atoms with Gasteiger partial charge in [-0.05, 0) is 38.1 Å². The normalized spacial score (nSPS) is 15.6. The first kappa shape index (κ1) is 18.4. The molecular formula is C20H24N2O4. The molecule has 1 fully saturated rings. The van der Waals surface area contributed by atoms with Gasteiger partial charge in [0.25, 0.3) is 0 Å². The van der Waals surface area contributed by atoms with E-state index in [1.54, 1.807) is 12.1 Å². The highest BCUT2D eigenvalue weighted by molar-refractivity contribution is 5.92. The fourth-order valence-corrected chi connectivity index (χ4v) is 2.94. The van der Waals surface area contributed by atoms with Gasteiger partial charge in [0.1, 0.15) is 11.8 Å². The van der Waals surface area contributed by atoms with Gasteiger partial charge in [-0.25, -0.2) is 0 Å². The van der Waals surface area contributed by atoms with E-state index in [-0.39, 0.29) is 11.3 Å². The second-order valence-electron chi connectivity index (χ2n) is 6.45. The van der Waals surface area contributed by atoms with E-state index in [2.05, 4.69) is 10.2 Å². The molecule has 6 nitrogen and oxygen atoms in total. The van der Waals surface area contributed by atoms with Gasteiger partial charge in [-0.3, -0.25) is 14.5 Å². The van der Waals surface area contributed by atoms with Crippen molar-refractivity contribution in [3.63, 3.8) is 0 Å². The van der Waals surface area contributed by atoms with Crippen LogP contribution in [-0.2, 0) is 9.53 Å². The molecule has 3 rings (SSSR count). The van der Waals surface area contributed by atoms with Crippen LogP contribution in [0.5, 0.6) is 0 Å². The molecular weight excluding hydrogens is 332 g/mol. The number of ether oxygens (including phenoxy) is 1. The summed E-state index contributed by atoms with van der Waals surface area (Å²) in [5.74, 6) is -0.212. The maximum Gasteiger partial charge on any atom is 0.244 e. The zero-order valence-corrected chi connectivity index (χ0v) is 15.0. The Kier molecular flexibility index (Phi) is 6.20. The Morgan fingerprint density at radius 3 is 2.92 bits per heavy atom. The van der Waals surface area contributed by atoms with Gasteiger partial charge in [-0.15, -0.1) is 0 Å². The standard InChI is InChI=1S/C20H24N2O4/c1-15-3-5-18-17(13-15)20(24)16(14-26-18)4-6-19(23)21-7-2-8-22-9-11-25-12-10-22/h3-6,13-14H,2,7-12H2,1H3,(H,21,23)/b6-4+. The number of fused-ring (bicyclic) bond motifs is 1. The van der Waals surface area contributed by atoms with E-state index >= 15 is 0 Å². The number of benzene rings is 1. The summed E-state index contributed by atoms with van der Waals surface area (Å²) in [6.45, 7) is 6.93. The van der Waals surface area contributed by atoms with Gasteiger partial charge >= 0.3 is 0 Å². The fraction of sp³-hybridized carbons (Fsp3) is 0.400. The Labute approximate surface area is 152 Å². The highest BCUT2D eigenvalue weighted by atomic mass is 16.5. The number of amides is 1. The van der Waals surface area contributed by atoms with Gasteiger partial charge in [0.05, 0.1) is 24.2 Å². The lowest BCUT2D eigenvalue weighted by atomic mass is 10.1. The number of carbonyl (C=O) groups is 1. The van der Waals surface area contributed by atoms with Crippen LogP contribution in [0.4, 0.5) is 0 Å². The highest BCUT2D eigenvalue weighted by Crippen LogP contribution is 2.13. The molecule has 138 valence electrons. The monoisotopic (exact) mass is 356 g/mol. The van der Waals surface area contributed by atoms with Gasteiger partial charge in [0, 0.05) is 25.7 Å². The van der Waals surface area contributed by atoms with Crippen molar-refractivity contribution >= 4 is 23.0 Å². The van der Waals surface area contributed by atoms with E-state index in [0.29, 0.717) is 23.1 Å². The van der Waals surface area contributed by atoms with Crippen LogP contribution in [0, 0.1) is 6.92 Å². The molecule has 1 saturated heterocycles. The van der Waals surface area contributed by atoms with Crippen LogP contribution in [0.2, 0.25) is 0 Å². The first-order valence-electron chi connectivity index (χ1n) is 8.92. The Balaban J connectivity index is 1.52. The zero-order valence-electron chi connectivity index (χ0n) is 15.0. The van der Waals surface area contributed by atoms with Crippen molar-refractivity contribution < 1.29 is 13.9 Å². The van der Waals surface area contributed by atoms with E-state index in [4.69, 9.17) is 9.15 Å². The first-order valence-corrected chi connectivity index (χ1v) is 8.92. The zero-order chi connectivity index (χ0) is 18.4. The molecule has 2 heterocycles. The van der Waals surface area contributed by atoms with Crippen LogP contribution in [-0.4, -0.2) is 50.2 Å². The van der Waals surface area contributed by atoms with Crippen LogP contribution in [0.1, 0.15) is 17.5 Å². The van der Waals surface area contributed by atoms with Crippen LogP contribution in [0.3, 0.4) is 0 Å². The van der Waals surface area contributed by atoms with E-state index in [9.17, 15) is 9.59 Å². The predicted octanol–water partition coefficient (Wildman–Crippen LogP) is 1.95. The summed E-state index contributed by atoms with van der Waals surface area (Å²) < 4.78 is 10.8. The number of morpholine rings is 1. The fourth-order valence-electron chi connectivity index (χ4n) is 2.94. The van der Waals surface area contributed by atoms with Crippen molar-refractivity contribution in [1.82, 2.24) is 10.2 Å².